The van der Waals surface area contributed by atoms with E-state index < -0.39 is 18.0 Å². The molecule has 7 heteroatoms. The number of urea groups is 1. The molecular weight excluding hydrogens is 326 g/mol. The minimum atomic E-state index is -0.802. The van der Waals surface area contributed by atoms with Crippen molar-refractivity contribution in [2.75, 3.05) is 6.54 Å². The molecule has 110 valence electrons. The summed E-state index contributed by atoms with van der Waals surface area (Å²) in [5, 5.41) is 4.67. The zero-order chi connectivity index (χ0) is 15.1. The zero-order valence-electron chi connectivity index (χ0n) is 11.4. The fourth-order valence-corrected chi connectivity index (χ4v) is 1.89. The Morgan fingerprint density at radius 2 is 2.15 bits per heavy atom. The maximum Gasteiger partial charge on any atom is 0.321 e. The Hall–Kier alpha value is -1.60. The van der Waals surface area contributed by atoms with Crippen LogP contribution in [-0.4, -0.2) is 24.6 Å². The molecular formula is C13H18BrN3O3. The summed E-state index contributed by atoms with van der Waals surface area (Å²) in [6.45, 7) is 4.06. The molecule has 1 aromatic rings. The van der Waals surface area contributed by atoms with Crippen LogP contribution in [0.2, 0.25) is 0 Å². The molecule has 20 heavy (non-hydrogen) atoms. The van der Waals surface area contributed by atoms with Crippen molar-refractivity contribution >= 4 is 27.9 Å². The number of nitrogens with one attached hydrogen (secondary N) is 2. The van der Waals surface area contributed by atoms with E-state index in [2.05, 4.69) is 26.6 Å². The molecule has 0 aliphatic heterocycles. The van der Waals surface area contributed by atoms with Gasteiger partial charge in [0.2, 0.25) is 0 Å². The van der Waals surface area contributed by atoms with Crippen molar-refractivity contribution in [2.45, 2.75) is 26.5 Å². The van der Waals surface area contributed by atoms with Crippen molar-refractivity contribution in [3.8, 4) is 5.75 Å². The number of rotatable bonds is 5. The van der Waals surface area contributed by atoms with E-state index in [1.54, 1.807) is 26.0 Å². The first-order valence-corrected chi connectivity index (χ1v) is 7.01. The van der Waals surface area contributed by atoms with Crippen molar-refractivity contribution in [1.29, 1.82) is 0 Å². The third-order valence-electron chi connectivity index (χ3n) is 2.49. The van der Waals surface area contributed by atoms with Gasteiger partial charge in [-0.15, -0.1) is 0 Å². The van der Waals surface area contributed by atoms with Gasteiger partial charge in [-0.1, -0.05) is 15.9 Å². The molecule has 0 aliphatic rings. The lowest BCUT2D eigenvalue weighted by Crippen LogP contribution is -2.45. The molecule has 3 amide bonds. The average molecular weight is 344 g/mol. The quantitative estimate of drug-likeness (QED) is 0.755. The van der Waals surface area contributed by atoms with Gasteiger partial charge in [0, 0.05) is 23.1 Å². The topological polar surface area (TPSA) is 93.5 Å². The van der Waals surface area contributed by atoms with Crippen LogP contribution in [0.5, 0.6) is 5.75 Å². The number of nitrogens with two attached hydrogens (primary N) is 1. The highest BCUT2D eigenvalue weighted by atomic mass is 79.9. The van der Waals surface area contributed by atoms with Crippen molar-refractivity contribution in [1.82, 2.24) is 10.6 Å². The lowest BCUT2D eigenvalue weighted by atomic mass is 10.2. The molecule has 0 fully saturated rings. The fourth-order valence-electron chi connectivity index (χ4n) is 1.48. The number of hydrogen-bond acceptors (Lipinski definition) is 4. The molecule has 1 rings (SSSR count). The van der Waals surface area contributed by atoms with E-state index in [9.17, 15) is 9.59 Å². The van der Waals surface area contributed by atoms with Crippen LogP contribution in [0.15, 0.2) is 22.7 Å². The van der Waals surface area contributed by atoms with Gasteiger partial charge >= 0.3 is 6.03 Å². The van der Waals surface area contributed by atoms with Crippen LogP contribution in [0.4, 0.5) is 4.79 Å². The van der Waals surface area contributed by atoms with Crippen LogP contribution in [0.25, 0.3) is 0 Å². The summed E-state index contributed by atoms with van der Waals surface area (Å²) < 4.78 is 6.42. The lowest BCUT2D eigenvalue weighted by Gasteiger charge is -2.16. The highest BCUT2D eigenvalue weighted by Crippen LogP contribution is 2.23. The zero-order valence-corrected chi connectivity index (χ0v) is 13.0. The number of carbonyl (C=O) groups is 2. The molecule has 1 aromatic carbocycles. The van der Waals surface area contributed by atoms with Crippen LogP contribution in [0.1, 0.15) is 19.4 Å². The summed E-state index contributed by atoms with van der Waals surface area (Å²) in [5.41, 5.74) is 6.40. The van der Waals surface area contributed by atoms with Crippen molar-refractivity contribution < 1.29 is 14.3 Å². The van der Waals surface area contributed by atoms with Gasteiger partial charge in [-0.05, 0) is 32.0 Å². The molecule has 0 spiro atoms. The van der Waals surface area contributed by atoms with Crippen molar-refractivity contribution in [3.63, 3.8) is 0 Å². The van der Waals surface area contributed by atoms with Crippen molar-refractivity contribution in [3.05, 3.63) is 28.2 Å². The van der Waals surface area contributed by atoms with Gasteiger partial charge in [0.05, 0.1) is 0 Å². The van der Waals surface area contributed by atoms with E-state index in [-0.39, 0.29) is 0 Å². The Balaban J connectivity index is 2.68. The lowest BCUT2D eigenvalue weighted by molar-refractivity contribution is -0.126. The molecule has 6 nitrogen and oxygen atoms in total. The summed E-state index contributed by atoms with van der Waals surface area (Å²) in [6, 6.07) is 4.80. The molecule has 4 N–H and O–H groups in total. The third-order valence-corrected chi connectivity index (χ3v) is 2.98. The number of carbonyl (C=O) groups excluding carboxylic acids is 2. The van der Waals surface area contributed by atoms with Gasteiger partial charge in [-0.3, -0.25) is 10.1 Å². The predicted octanol–water partition coefficient (Wildman–Crippen LogP) is 1.52. The molecule has 0 aliphatic carbocycles. The molecule has 0 saturated heterocycles. The SMILES string of the molecule is CCNC(=O)NC(=O)C(C)Oc1ccc(Br)cc1CN. The second-order valence-corrected chi connectivity index (χ2v) is 4.98. The summed E-state index contributed by atoms with van der Waals surface area (Å²) >= 11 is 3.34. The van der Waals surface area contributed by atoms with Gasteiger partial charge < -0.3 is 15.8 Å². The number of benzene rings is 1. The smallest absolute Gasteiger partial charge is 0.321 e. The normalized spacial score (nSPS) is 11.6. The van der Waals surface area contributed by atoms with Crippen LogP contribution in [-0.2, 0) is 11.3 Å². The Kier molecular flexibility index (Phi) is 6.47. The van der Waals surface area contributed by atoms with E-state index in [1.165, 1.54) is 0 Å². The van der Waals surface area contributed by atoms with E-state index in [0.717, 1.165) is 10.0 Å². The van der Waals surface area contributed by atoms with Gasteiger partial charge in [0.15, 0.2) is 6.10 Å². The molecule has 0 heterocycles. The standard InChI is InChI=1S/C13H18BrN3O3/c1-3-16-13(19)17-12(18)8(2)20-11-5-4-10(14)6-9(11)7-15/h4-6,8H,3,7,15H2,1-2H3,(H2,16,17,18,19). The van der Waals surface area contributed by atoms with Gasteiger partial charge in [-0.25, -0.2) is 4.79 Å². The number of ether oxygens (including phenoxy) is 1. The molecule has 0 saturated carbocycles. The highest BCUT2D eigenvalue weighted by Gasteiger charge is 2.18. The maximum atomic E-state index is 11.8. The molecule has 1 atom stereocenters. The van der Waals surface area contributed by atoms with E-state index in [0.29, 0.717) is 18.8 Å². The summed E-state index contributed by atoms with van der Waals surface area (Å²) in [5.74, 6) is 0.0103. The Morgan fingerprint density at radius 3 is 2.75 bits per heavy atom. The first kappa shape index (κ1) is 16.5. The van der Waals surface area contributed by atoms with Crippen LogP contribution in [0.3, 0.4) is 0 Å². The molecule has 0 aromatic heterocycles. The van der Waals surface area contributed by atoms with E-state index >= 15 is 0 Å². The summed E-state index contributed by atoms with van der Waals surface area (Å²) in [4.78, 5) is 23.0. The summed E-state index contributed by atoms with van der Waals surface area (Å²) in [6.07, 6.45) is -0.802. The largest absolute Gasteiger partial charge is 0.481 e. The van der Waals surface area contributed by atoms with E-state index in [1.807, 2.05) is 6.07 Å². The number of hydrogen-bond donors (Lipinski definition) is 3. The highest BCUT2D eigenvalue weighted by molar-refractivity contribution is 9.10. The molecule has 0 radical (unpaired) electrons. The Bertz CT molecular complexity index is 494. The monoisotopic (exact) mass is 343 g/mol. The van der Waals surface area contributed by atoms with E-state index in [4.69, 9.17) is 10.5 Å². The second kappa shape index (κ2) is 7.86. The predicted molar refractivity (Wildman–Crippen MR) is 79.3 cm³/mol. The minimum Gasteiger partial charge on any atom is -0.481 e. The first-order chi connectivity index (χ1) is 9.47. The fraction of sp³-hybridized carbons (Fsp3) is 0.385. The Labute approximate surface area is 126 Å². The van der Waals surface area contributed by atoms with Crippen LogP contribution in [0, 0.1) is 0 Å². The van der Waals surface area contributed by atoms with Gasteiger partial charge in [0.25, 0.3) is 5.91 Å². The number of imide groups is 1. The second-order valence-electron chi connectivity index (χ2n) is 4.06. The van der Waals surface area contributed by atoms with Crippen molar-refractivity contribution in [2.24, 2.45) is 5.73 Å². The Morgan fingerprint density at radius 1 is 1.45 bits per heavy atom. The maximum absolute atomic E-state index is 11.8. The minimum absolute atomic E-state index is 0.291. The summed E-state index contributed by atoms with van der Waals surface area (Å²) in [7, 11) is 0. The first-order valence-electron chi connectivity index (χ1n) is 6.21. The molecule has 0 bridgehead atoms. The molecule has 1 unspecified atom stereocenters. The average Bonchev–Trinajstić information content (AvgIpc) is 2.40. The third kappa shape index (κ3) is 4.82. The van der Waals surface area contributed by atoms with Gasteiger partial charge in [0.1, 0.15) is 5.75 Å². The van der Waals surface area contributed by atoms with Crippen LogP contribution >= 0.6 is 15.9 Å². The van der Waals surface area contributed by atoms with Crippen LogP contribution < -0.4 is 21.1 Å². The van der Waals surface area contributed by atoms with Gasteiger partial charge in [-0.2, -0.15) is 0 Å². The number of halogens is 1. The number of amides is 3.